The minimum Gasteiger partial charge on any atom is -0.370 e. The quantitative estimate of drug-likeness (QED) is 0.649. The molecule has 2 rings (SSSR count). The smallest absolute Gasteiger partial charge is 0.130 e. The van der Waals surface area contributed by atoms with Gasteiger partial charge in [0.15, 0.2) is 0 Å². The summed E-state index contributed by atoms with van der Waals surface area (Å²) in [5, 5.41) is 4.29. The SMILES string of the molecule is CSc1cc(NCCc2ccccc2)ncn1. The molecule has 1 aromatic carbocycles. The van der Waals surface area contributed by atoms with Crippen molar-refractivity contribution in [3.8, 4) is 0 Å². The van der Waals surface area contributed by atoms with Crippen molar-refractivity contribution in [1.29, 1.82) is 0 Å². The van der Waals surface area contributed by atoms with Gasteiger partial charge in [-0.05, 0) is 18.2 Å². The summed E-state index contributed by atoms with van der Waals surface area (Å²) in [6, 6.07) is 12.4. The molecule has 17 heavy (non-hydrogen) atoms. The lowest BCUT2D eigenvalue weighted by Gasteiger charge is -2.06. The molecule has 2 aromatic rings. The first-order valence-electron chi connectivity index (χ1n) is 5.52. The van der Waals surface area contributed by atoms with Gasteiger partial charge in [-0.1, -0.05) is 30.3 Å². The molecule has 0 aliphatic carbocycles. The van der Waals surface area contributed by atoms with Crippen LogP contribution < -0.4 is 5.32 Å². The zero-order valence-corrected chi connectivity index (χ0v) is 10.6. The summed E-state index contributed by atoms with van der Waals surface area (Å²) in [5.41, 5.74) is 1.33. The van der Waals surface area contributed by atoms with Crippen molar-refractivity contribution in [2.24, 2.45) is 0 Å². The molecule has 1 aromatic heterocycles. The van der Waals surface area contributed by atoms with Crippen LogP contribution >= 0.6 is 11.8 Å². The van der Waals surface area contributed by atoms with Crippen LogP contribution in [-0.4, -0.2) is 22.8 Å². The molecule has 88 valence electrons. The molecule has 0 radical (unpaired) electrons. The lowest BCUT2D eigenvalue weighted by molar-refractivity contribution is 0.980. The van der Waals surface area contributed by atoms with Gasteiger partial charge in [0, 0.05) is 12.6 Å². The third-order valence-corrected chi connectivity index (χ3v) is 3.06. The van der Waals surface area contributed by atoms with E-state index in [1.165, 1.54) is 5.56 Å². The summed E-state index contributed by atoms with van der Waals surface area (Å²) in [6.07, 6.45) is 4.60. The summed E-state index contributed by atoms with van der Waals surface area (Å²) in [7, 11) is 0. The second-order valence-electron chi connectivity index (χ2n) is 3.61. The topological polar surface area (TPSA) is 37.8 Å². The Hall–Kier alpha value is -1.55. The van der Waals surface area contributed by atoms with E-state index < -0.39 is 0 Å². The van der Waals surface area contributed by atoms with Crippen LogP contribution in [0.1, 0.15) is 5.56 Å². The molecule has 0 bridgehead atoms. The van der Waals surface area contributed by atoms with E-state index in [0.717, 1.165) is 23.8 Å². The summed E-state index contributed by atoms with van der Waals surface area (Å²) in [6.45, 7) is 0.884. The maximum Gasteiger partial charge on any atom is 0.130 e. The molecule has 0 unspecified atom stereocenters. The number of rotatable bonds is 5. The molecular weight excluding hydrogens is 230 g/mol. The van der Waals surface area contributed by atoms with E-state index in [2.05, 4.69) is 39.6 Å². The van der Waals surface area contributed by atoms with Gasteiger partial charge in [-0.25, -0.2) is 9.97 Å². The summed E-state index contributed by atoms with van der Waals surface area (Å²) >= 11 is 1.62. The Balaban J connectivity index is 1.86. The van der Waals surface area contributed by atoms with Gasteiger partial charge >= 0.3 is 0 Å². The fourth-order valence-electron chi connectivity index (χ4n) is 1.53. The first-order valence-corrected chi connectivity index (χ1v) is 6.75. The number of nitrogens with one attached hydrogen (secondary N) is 1. The zero-order chi connectivity index (χ0) is 11.9. The summed E-state index contributed by atoms with van der Waals surface area (Å²) < 4.78 is 0. The van der Waals surface area contributed by atoms with Gasteiger partial charge in [0.2, 0.25) is 0 Å². The summed E-state index contributed by atoms with van der Waals surface area (Å²) in [4.78, 5) is 8.32. The molecule has 0 amide bonds. The third-order valence-electron chi connectivity index (χ3n) is 2.41. The molecule has 4 heteroatoms. The normalized spacial score (nSPS) is 10.2. The molecule has 0 saturated heterocycles. The highest BCUT2D eigenvalue weighted by Crippen LogP contribution is 2.13. The van der Waals surface area contributed by atoms with E-state index in [-0.39, 0.29) is 0 Å². The molecule has 3 nitrogen and oxygen atoms in total. The number of anilines is 1. The Morgan fingerprint density at radius 3 is 2.76 bits per heavy atom. The van der Waals surface area contributed by atoms with Crippen molar-refractivity contribution in [2.75, 3.05) is 18.1 Å². The first kappa shape index (κ1) is 11.9. The van der Waals surface area contributed by atoms with E-state index in [0.29, 0.717) is 0 Å². The monoisotopic (exact) mass is 245 g/mol. The molecule has 0 saturated carbocycles. The van der Waals surface area contributed by atoms with Gasteiger partial charge in [0.25, 0.3) is 0 Å². The lowest BCUT2D eigenvalue weighted by Crippen LogP contribution is -2.06. The van der Waals surface area contributed by atoms with E-state index in [1.807, 2.05) is 18.4 Å². The van der Waals surface area contributed by atoms with Crippen LogP contribution in [0.25, 0.3) is 0 Å². The number of benzene rings is 1. The van der Waals surface area contributed by atoms with Crippen LogP contribution in [0, 0.1) is 0 Å². The standard InChI is InChI=1S/C13H15N3S/c1-17-13-9-12(15-10-16-13)14-8-7-11-5-3-2-4-6-11/h2-6,9-10H,7-8H2,1H3,(H,14,15,16). The molecule has 0 atom stereocenters. The first-order chi connectivity index (χ1) is 8.38. The number of thioether (sulfide) groups is 1. The van der Waals surface area contributed by atoms with Crippen molar-refractivity contribution < 1.29 is 0 Å². The van der Waals surface area contributed by atoms with Crippen LogP contribution in [0.15, 0.2) is 47.8 Å². The fraction of sp³-hybridized carbons (Fsp3) is 0.231. The maximum absolute atomic E-state index is 4.18. The highest BCUT2D eigenvalue weighted by molar-refractivity contribution is 7.98. The molecule has 1 N–H and O–H groups in total. The molecule has 1 heterocycles. The Bertz CT molecular complexity index is 459. The number of hydrogen-bond donors (Lipinski definition) is 1. The Kier molecular flexibility index (Phi) is 4.38. The molecular formula is C13H15N3S. The Labute approximate surface area is 106 Å². The van der Waals surface area contributed by atoms with Crippen molar-refractivity contribution in [1.82, 2.24) is 9.97 Å². The van der Waals surface area contributed by atoms with Gasteiger partial charge in [0.1, 0.15) is 17.2 Å². The van der Waals surface area contributed by atoms with E-state index in [4.69, 9.17) is 0 Å². The number of aromatic nitrogens is 2. The van der Waals surface area contributed by atoms with Crippen LogP contribution in [-0.2, 0) is 6.42 Å². The van der Waals surface area contributed by atoms with Gasteiger partial charge < -0.3 is 5.32 Å². The third kappa shape index (κ3) is 3.75. The van der Waals surface area contributed by atoms with Crippen LogP contribution in [0.5, 0.6) is 0 Å². The van der Waals surface area contributed by atoms with Gasteiger partial charge in [-0.15, -0.1) is 11.8 Å². The minimum atomic E-state index is 0.884. The zero-order valence-electron chi connectivity index (χ0n) is 9.76. The van der Waals surface area contributed by atoms with Gasteiger partial charge in [0.05, 0.1) is 0 Å². The number of hydrogen-bond acceptors (Lipinski definition) is 4. The second-order valence-corrected chi connectivity index (χ2v) is 4.43. The van der Waals surface area contributed by atoms with Crippen molar-refractivity contribution in [3.05, 3.63) is 48.3 Å². The van der Waals surface area contributed by atoms with E-state index >= 15 is 0 Å². The van der Waals surface area contributed by atoms with Crippen molar-refractivity contribution in [2.45, 2.75) is 11.4 Å². The lowest BCUT2D eigenvalue weighted by atomic mass is 10.1. The molecule has 0 aliphatic heterocycles. The van der Waals surface area contributed by atoms with Crippen molar-refractivity contribution >= 4 is 17.6 Å². The molecule has 0 aliphatic rings. The Morgan fingerprint density at radius 1 is 1.18 bits per heavy atom. The van der Waals surface area contributed by atoms with Crippen molar-refractivity contribution in [3.63, 3.8) is 0 Å². The van der Waals surface area contributed by atoms with Crippen LogP contribution in [0.4, 0.5) is 5.82 Å². The van der Waals surface area contributed by atoms with Gasteiger partial charge in [-0.3, -0.25) is 0 Å². The van der Waals surface area contributed by atoms with E-state index in [1.54, 1.807) is 18.1 Å². The minimum absolute atomic E-state index is 0.884. The predicted molar refractivity (Wildman–Crippen MR) is 72.4 cm³/mol. The van der Waals surface area contributed by atoms with Gasteiger partial charge in [-0.2, -0.15) is 0 Å². The second kappa shape index (κ2) is 6.25. The maximum atomic E-state index is 4.18. The largest absolute Gasteiger partial charge is 0.370 e. The highest BCUT2D eigenvalue weighted by atomic mass is 32.2. The average Bonchev–Trinajstić information content (AvgIpc) is 2.40. The highest BCUT2D eigenvalue weighted by Gasteiger charge is 1.97. The predicted octanol–water partition coefficient (Wildman–Crippen LogP) is 2.85. The Morgan fingerprint density at radius 2 is 2.00 bits per heavy atom. The molecule has 0 fully saturated rings. The van der Waals surface area contributed by atoms with Crippen LogP contribution in [0.2, 0.25) is 0 Å². The van der Waals surface area contributed by atoms with Crippen LogP contribution in [0.3, 0.4) is 0 Å². The number of nitrogens with zero attached hydrogens (tertiary/aromatic N) is 2. The van der Waals surface area contributed by atoms with E-state index in [9.17, 15) is 0 Å². The summed E-state index contributed by atoms with van der Waals surface area (Å²) in [5.74, 6) is 0.889. The average molecular weight is 245 g/mol. The molecule has 0 spiro atoms. The fourth-order valence-corrected chi connectivity index (χ4v) is 1.91.